The van der Waals surface area contributed by atoms with Crippen LogP contribution >= 0.6 is 11.3 Å². The van der Waals surface area contributed by atoms with Gasteiger partial charge >= 0.3 is 16.4 Å². The molecule has 4 unspecified atom stereocenters. The maximum atomic E-state index is 13.4. The molecular formula is C27H34N8O10S2. The number of nitrogen functional groups attached to an aromatic ring is 1. The van der Waals surface area contributed by atoms with Gasteiger partial charge in [-0.1, -0.05) is 5.16 Å². The van der Waals surface area contributed by atoms with Gasteiger partial charge in [-0.3, -0.25) is 19.1 Å². The number of nitrogens with one attached hydrogen (secondary N) is 2. The predicted molar refractivity (Wildman–Crippen MR) is 167 cm³/mol. The predicted octanol–water partition coefficient (Wildman–Crippen LogP) is -0.410. The minimum absolute atomic E-state index is 0.0615. The summed E-state index contributed by atoms with van der Waals surface area (Å²) >= 11 is 0.967. The van der Waals surface area contributed by atoms with E-state index >= 15 is 0 Å². The first-order chi connectivity index (χ1) is 22.0. The highest BCUT2D eigenvalue weighted by Gasteiger charge is 2.58. The number of anilines is 1. The van der Waals surface area contributed by atoms with E-state index in [4.69, 9.17) is 25.6 Å². The number of carbonyl (C=O) groups is 3. The Balaban J connectivity index is 1.35. The number of nitrogens with two attached hydrogens (primary N) is 2. The van der Waals surface area contributed by atoms with E-state index in [1.54, 1.807) is 12.1 Å². The van der Waals surface area contributed by atoms with Crippen molar-refractivity contribution in [3.8, 4) is 5.75 Å². The molecule has 3 aliphatic heterocycles. The van der Waals surface area contributed by atoms with Crippen LogP contribution in [-0.4, -0.2) is 99.9 Å². The second-order valence-corrected chi connectivity index (χ2v) is 13.7. The summed E-state index contributed by atoms with van der Waals surface area (Å²) < 4.78 is 41.7. The normalized spacial score (nSPS) is 24.0. The number of benzene rings is 1. The number of amides is 2. The third kappa shape index (κ3) is 7.00. The lowest BCUT2D eigenvalue weighted by molar-refractivity contribution is -0.218. The Kier molecular flexibility index (Phi) is 9.16. The Labute approximate surface area is 273 Å². The van der Waals surface area contributed by atoms with E-state index in [1.807, 2.05) is 6.07 Å². The number of oxime groups is 1. The van der Waals surface area contributed by atoms with Gasteiger partial charge in [0.05, 0.1) is 11.6 Å². The van der Waals surface area contributed by atoms with E-state index in [-0.39, 0.29) is 23.3 Å². The molecule has 2 fully saturated rings. The van der Waals surface area contributed by atoms with Gasteiger partial charge in [-0.2, -0.15) is 13.5 Å². The number of hydroxylamine groups is 2. The molecule has 0 bridgehead atoms. The molecule has 4 heterocycles. The first kappa shape index (κ1) is 34.0. The lowest BCUT2D eigenvalue weighted by Gasteiger charge is -2.50. The highest BCUT2D eigenvalue weighted by molar-refractivity contribution is 7.80. The van der Waals surface area contributed by atoms with E-state index < -0.39 is 57.2 Å². The van der Waals surface area contributed by atoms with Crippen molar-refractivity contribution in [2.75, 3.05) is 18.8 Å². The van der Waals surface area contributed by atoms with Gasteiger partial charge < -0.3 is 36.8 Å². The third-order valence-electron chi connectivity index (χ3n) is 8.12. The Morgan fingerprint density at radius 1 is 1.32 bits per heavy atom. The number of hydrogen-bond acceptors (Lipinski definition) is 14. The fourth-order valence-corrected chi connectivity index (χ4v) is 6.35. The van der Waals surface area contributed by atoms with Crippen LogP contribution in [-0.2, 0) is 40.3 Å². The smallest absolute Gasteiger partial charge is 0.418 e. The van der Waals surface area contributed by atoms with Gasteiger partial charge in [-0.05, 0) is 70.3 Å². The number of aliphatic imine (C=N–C) groups is 1. The number of rotatable bonds is 11. The van der Waals surface area contributed by atoms with Gasteiger partial charge in [0, 0.05) is 17.5 Å². The molecule has 0 radical (unpaired) electrons. The maximum absolute atomic E-state index is 13.4. The second-order valence-electron chi connectivity index (χ2n) is 11.8. The number of nitrogens with zero attached hydrogens (tertiary/aromatic N) is 4. The first-order valence-electron chi connectivity index (χ1n) is 14.4. The van der Waals surface area contributed by atoms with E-state index in [0.29, 0.717) is 23.1 Å². The van der Waals surface area contributed by atoms with Gasteiger partial charge in [-0.25, -0.2) is 9.78 Å². The molecule has 2 aromatic rings. The number of β-lactam (4-membered cyclic amide) rings is 1. The summed E-state index contributed by atoms with van der Waals surface area (Å²) in [4.78, 5) is 52.8. The first-order valence-corrected chi connectivity index (χ1v) is 16.6. The van der Waals surface area contributed by atoms with Crippen molar-refractivity contribution in [1.29, 1.82) is 0 Å². The topological polar surface area (TPSA) is 270 Å². The molecule has 1 aromatic carbocycles. The minimum Gasteiger partial charge on any atom is -0.485 e. The zero-order valence-electron chi connectivity index (χ0n) is 25.5. The van der Waals surface area contributed by atoms with Gasteiger partial charge in [-0.15, -0.1) is 15.6 Å². The quantitative estimate of drug-likeness (QED) is 0.0574. The zero-order chi connectivity index (χ0) is 34.3. The monoisotopic (exact) mass is 694 g/mol. The SMILES string of the molecule is CC(ON=C(C(=O)NC1C(=O)N(OS(=O)(=O)O)C1(C)C)c1csc(N)n1)(C(=O)O)C1CCc2cc(C(N)=NC3CCNC3)ccc2O1. The van der Waals surface area contributed by atoms with Crippen molar-refractivity contribution >= 4 is 56.2 Å². The van der Waals surface area contributed by atoms with Crippen molar-refractivity contribution in [2.45, 2.75) is 69.4 Å². The van der Waals surface area contributed by atoms with Crippen LogP contribution in [0.3, 0.4) is 0 Å². The molecule has 2 amide bonds. The molecule has 5 rings (SSSR count). The summed E-state index contributed by atoms with van der Waals surface area (Å²) in [5.74, 6) is -2.62. The van der Waals surface area contributed by atoms with Crippen LogP contribution in [0.4, 0.5) is 5.13 Å². The number of carboxylic acid groups (broad SMARTS) is 1. The van der Waals surface area contributed by atoms with Crippen molar-refractivity contribution < 1.29 is 46.3 Å². The van der Waals surface area contributed by atoms with Crippen LogP contribution in [0, 0.1) is 0 Å². The number of aromatic nitrogens is 1. The highest BCUT2D eigenvalue weighted by Crippen LogP contribution is 2.35. The molecule has 0 aliphatic carbocycles. The molecule has 0 spiro atoms. The molecule has 4 atom stereocenters. The third-order valence-corrected chi connectivity index (χ3v) is 9.14. The Bertz CT molecular complexity index is 1750. The molecule has 18 nitrogen and oxygen atoms in total. The van der Waals surface area contributed by atoms with Crippen LogP contribution in [0.2, 0.25) is 0 Å². The standard InChI is InChI=1S/C27H34N8O10S2/c1-26(2)20(23(37)35(26)45-47(40,41)42)33-22(36)19(16-12-46-25(29)32-16)34-44-27(3,24(38)39)18-7-5-13-10-14(4-6-17(13)43-18)21(28)31-15-8-9-30-11-15/h4,6,10,12,15,18,20,30H,5,7-9,11H2,1-3H3,(H2,28,31)(H2,29,32)(H,33,36)(H,38,39)(H,40,41,42). The lowest BCUT2D eigenvalue weighted by atomic mass is 9.84. The molecule has 20 heteroatoms. The molecule has 0 saturated carbocycles. The summed E-state index contributed by atoms with van der Waals surface area (Å²) in [7, 11) is -5.02. The average Bonchev–Trinajstić information content (AvgIpc) is 3.69. The Morgan fingerprint density at radius 3 is 2.66 bits per heavy atom. The largest absolute Gasteiger partial charge is 0.485 e. The number of ether oxygens (including phenoxy) is 1. The Morgan fingerprint density at radius 2 is 2.06 bits per heavy atom. The molecule has 3 aliphatic rings. The van der Waals surface area contributed by atoms with Crippen LogP contribution in [0.5, 0.6) is 5.75 Å². The molecule has 8 N–H and O–H groups in total. The number of carbonyl (C=O) groups excluding carboxylic acids is 2. The molecule has 254 valence electrons. The van der Waals surface area contributed by atoms with Gasteiger partial charge in [0.15, 0.2) is 16.9 Å². The van der Waals surface area contributed by atoms with E-state index in [9.17, 15) is 27.9 Å². The minimum atomic E-state index is -5.02. The molecule has 47 heavy (non-hydrogen) atoms. The average molecular weight is 695 g/mol. The number of aliphatic carboxylic acids is 1. The number of aryl methyl sites for hydroxylation is 1. The second kappa shape index (κ2) is 12.7. The van der Waals surface area contributed by atoms with Crippen LogP contribution in [0.15, 0.2) is 33.7 Å². The molecule has 2 saturated heterocycles. The van der Waals surface area contributed by atoms with Crippen LogP contribution < -0.4 is 26.8 Å². The number of carboxylic acids is 1. The summed E-state index contributed by atoms with van der Waals surface area (Å²) in [6.07, 6.45) is 0.463. The molecular weight excluding hydrogens is 660 g/mol. The van der Waals surface area contributed by atoms with Gasteiger partial charge in [0.2, 0.25) is 0 Å². The maximum Gasteiger partial charge on any atom is 0.418 e. The highest BCUT2D eigenvalue weighted by atomic mass is 32.3. The van der Waals surface area contributed by atoms with E-state index in [2.05, 4.69) is 30.0 Å². The fourth-order valence-electron chi connectivity index (χ4n) is 5.35. The number of amidine groups is 1. The van der Waals surface area contributed by atoms with E-state index in [0.717, 1.165) is 42.0 Å². The fraction of sp³-hybridized carbons (Fsp3) is 0.481. The lowest BCUT2D eigenvalue weighted by Crippen LogP contribution is -2.76. The Hall–Kier alpha value is -4.37. The summed E-state index contributed by atoms with van der Waals surface area (Å²) in [6, 6.07) is 4.04. The zero-order valence-corrected chi connectivity index (χ0v) is 27.1. The summed E-state index contributed by atoms with van der Waals surface area (Å²) in [5, 5.41) is 21.6. The summed E-state index contributed by atoms with van der Waals surface area (Å²) in [6.45, 7) is 5.63. The van der Waals surface area contributed by atoms with E-state index in [1.165, 1.54) is 26.2 Å². The van der Waals surface area contributed by atoms with Crippen LogP contribution in [0.25, 0.3) is 0 Å². The number of fused-ring (bicyclic) bond motifs is 1. The van der Waals surface area contributed by atoms with Crippen molar-refractivity contribution in [2.24, 2.45) is 15.9 Å². The van der Waals surface area contributed by atoms with Crippen molar-refractivity contribution in [3.05, 3.63) is 40.4 Å². The molecule has 1 aromatic heterocycles. The van der Waals surface area contributed by atoms with Crippen molar-refractivity contribution in [3.63, 3.8) is 0 Å². The number of hydrogen-bond donors (Lipinski definition) is 6. The van der Waals surface area contributed by atoms with Gasteiger partial charge in [0.1, 0.15) is 23.3 Å². The van der Waals surface area contributed by atoms with Crippen LogP contribution in [0.1, 0.15) is 50.4 Å². The van der Waals surface area contributed by atoms with Crippen molar-refractivity contribution in [1.82, 2.24) is 20.7 Å². The number of thiazole rings is 1. The summed E-state index contributed by atoms with van der Waals surface area (Å²) in [5.41, 5.74) is 9.38. The van der Waals surface area contributed by atoms with Gasteiger partial charge in [0.25, 0.3) is 17.4 Å².